The predicted octanol–water partition coefficient (Wildman–Crippen LogP) is 1.63. The zero-order valence-electron chi connectivity index (χ0n) is 10.6. The maximum atomic E-state index is 11.9. The minimum Gasteiger partial charge on any atom is -0.464 e. The van der Waals surface area contributed by atoms with Gasteiger partial charge in [0.1, 0.15) is 6.04 Å². The Labute approximate surface area is 120 Å². The average Bonchev–Trinajstić information content (AvgIpc) is 2.78. The number of halogens is 1. The molecule has 1 saturated heterocycles. The van der Waals surface area contributed by atoms with Crippen LogP contribution < -0.4 is 5.32 Å². The van der Waals surface area contributed by atoms with E-state index in [0.29, 0.717) is 13.0 Å². The second kappa shape index (κ2) is 6.16. The molecule has 1 aromatic carbocycles. The number of para-hydroxylation sites is 1. The van der Waals surface area contributed by atoms with E-state index in [1.807, 2.05) is 24.3 Å². The van der Waals surface area contributed by atoms with Crippen LogP contribution in [-0.4, -0.2) is 43.0 Å². The second-order valence-electron chi connectivity index (χ2n) is 4.42. The zero-order valence-corrected chi connectivity index (χ0v) is 12.1. The highest BCUT2D eigenvalue weighted by Gasteiger charge is 2.31. The lowest BCUT2D eigenvalue weighted by atomic mass is 10.2. The van der Waals surface area contributed by atoms with Crippen molar-refractivity contribution >= 4 is 33.5 Å². The minimum absolute atomic E-state index is 0.154. The first-order valence-electron chi connectivity index (χ1n) is 5.99. The van der Waals surface area contributed by atoms with Crippen LogP contribution in [0.1, 0.15) is 6.42 Å². The number of cyclic esters (lactones) is 1. The lowest BCUT2D eigenvalue weighted by Gasteiger charge is -2.20. The topological polar surface area (TPSA) is 58.6 Å². The largest absolute Gasteiger partial charge is 0.464 e. The third-order valence-corrected chi connectivity index (χ3v) is 3.67. The van der Waals surface area contributed by atoms with Gasteiger partial charge in [0, 0.05) is 10.9 Å². The molecule has 1 amide bonds. The predicted molar refractivity (Wildman–Crippen MR) is 74.8 cm³/mol. The number of anilines is 1. The molecule has 0 radical (unpaired) electrons. The number of carbonyl (C=O) groups is 2. The Balaban J connectivity index is 1.91. The van der Waals surface area contributed by atoms with Crippen LogP contribution in [0.15, 0.2) is 28.7 Å². The van der Waals surface area contributed by atoms with Gasteiger partial charge in [0.05, 0.1) is 18.8 Å². The highest BCUT2D eigenvalue weighted by Crippen LogP contribution is 2.21. The van der Waals surface area contributed by atoms with Crippen LogP contribution in [0.25, 0.3) is 0 Å². The summed E-state index contributed by atoms with van der Waals surface area (Å²) in [6.45, 7) is 0.584. The van der Waals surface area contributed by atoms with E-state index in [-0.39, 0.29) is 24.5 Å². The smallest absolute Gasteiger partial charge is 0.323 e. The molecule has 0 bridgehead atoms. The molecule has 1 aliphatic rings. The summed E-state index contributed by atoms with van der Waals surface area (Å²) in [5.74, 6) is -0.412. The number of benzene rings is 1. The lowest BCUT2D eigenvalue weighted by Crippen LogP contribution is -2.40. The Kier molecular flexibility index (Phi) is 4.55. The molecule has 1 fully saturated rings. The van der Waals surface area contributed by atoms with Crippen LogP contribution in [0.5, 0.6) is 0 Å². The van der Waals surface area contributed by atoms with Gasteiger partial charge in [-0.05, 0) is 35.1 Å². The van der Waals surface area contributed by atoms with Crippen LogP contribution >= 0.6 is 15.9 Å². The number of likely N-dealkylation sites (N-methyl/N-ethyl adjacent to an activating group) is 1. The Bertz CT molecular complexity index is 493. The molecule has 0 spiro atoms. The van der Waals surface area contributed by atoms with Crippen molar-refractivity contribution in [2.24, 2.45) is 0 Å². The summed E-state index contributed by atoms with van der Waals surface area (Å²) >= 11 is 3.36. The number of nitrogens with zero attached hydrogens (tertiary/aromatic N) is 1. The van der Waals surface area contributed by atoms with Crippen molar-refractivity contribution in [3.05, 3.63) is 28.7 Å². The Morgan fingerprint density at radius 1 is 1.53 bits per heavy atom. The first kappa shape index (κ1) is 14.0. The Morgan fingerprint density at radius 2 is 2.26 bits per heavy atom. The number of amides is 1. The molecular weight excluding hydrogens is 312 g/mol. The fourth-order valence-electron chi connectivity index (χ4n) is 1.97. The lowest BCUT2D eigenvalue weighted by molar-refractivity contribution is -0.142. The first-order valence-corrected chi connectivity index (χ1v) is 6.78. The van der Waals surface area contributed by atoms with Crippen molar-refractivity contribution in [2.45, 2.75) is 12.5 Å². The number of ether oxygens (including phenoxy) is 1. The van der Waals surface area contributed by atoms with Crippen LogP contribution in [0.3, 0.4) is 0 Å². The molecule has 1 aliphatic heterocycles. The van der Waals surface area contributed by atoms with Crippen molar-refractivity contribution in [3.8, 4) is 0 Å². The average molecular weight is 327 g/mol. The van der Waals surface area contributed by atoms with Gasteiger partial charge >= 0.3 is 5.97 Å². The summed E-state index contributed by atoms with van der Waals surface area (Å²) in [4.78, 5) is 25.0. The van der Waals surface area contributed by atoms with E-state index in [1.165, 1.54) is 0 Å². The molecule has 2 rings (SSSR count). The minimum atomic E-state index is -0.315. The van der Waals surface area contributed by atoms with E-state index in [4.69, 9.17) is 4.74 Å². The molecule has 19 heavy (non-hydrogen) atoms. The number of nitrogens with one attached hydrogen (secondary N) is 1. The van der Waals surface area contributed by atoms with Gasteiger partial charge in [0.15, 0.2) is 0 Å². The van der Waals surface area contributed by atoms with E-state index in [2.05, 4.69) is 21.2 Å². The quantitative estimate of drug-likeness (QED) is 0.854. The summed E-state index contributed by atoms with van der Waals surface area (Å²) in [7, 11) is 1.75. The molecule has 5 nitrogen and oxygen atoms in total. The van der Waals surface area contributed by atoms with Crippen molar-refractivity contribution in [1.29, 1.82) is 0 Å². The molecule has 1 N–H and O–H groups in total. The van der Waals surface area contributed by atoms with Gasteiger partial charge in [-0.25, -0.2) is 0 Å². The number of hydrogen-bond acceptors (Lipinski definition) is 4. The molecular formula is C13H15BrN2O3. The summed E-state index contributed by atoms with van der Waals surface area (Å²) in [6, 6.07) is 7.07. The van der Waals surface area contributed by atoms with Crippen LogP contribution in [0.2, 0.25) is 0 Å². The van der Waals surface area contributed by atoms with Crippen LogP contribution in [0, 0.1) is 0 Å². The van der Waals surface area contributed by atoms with Crippen molar-refractivity contribution in [2.75, 3.05) is 25.5 Å². The summed E-state index contributed by atoms with van der Waals surface area (Å²) in [5, 5.41) is 2.80. The third kappa shape index (κ3) is 3.54. The van der Waals surface area contributed by atoms with E-state index in [9.17, 15) is 9.59 Å². The number of rotatable bonds is 4. The summed E-state index contributed by atoms with van der Waals surface area (Å²) < 4.78 is 5.71. The van der Waals surface area contributed by atoms with Gasteiger partial charge in [-0.3, -0.25) is 14.5 Å². The number of carbonyl (C=O) groups excluding carboxylic acids is 2. The van der Waals surface area contributed by atoms with Gasteiger partial charge < -0.3 is 10.1 Å². The second-order valence-corrected chi connectivity index (χ2v) is 5.27. The molecule has 6 heteroatoms. The number of esters is 1. The fourth-order valence-corrected chi connectivity index (χ4v) is 2.36. The van der Waals surface area contributed by atoms with Gasteiger partial charge in [-0.1, -0.05) is 12.1 Å². The Hall–Kier alpha value is -1.40. The molecule has 1 aromatic rings. The molecule has 0 unspecified atom stereocenters. The van der Waals surface area contributed by atoms with Crippen LogP contribution in [0.4, 0.5) is 5.69 Å². The van der Waals surface area contributed by atoms with Gasteiger partial charge in [0.2, 0.25) is 5.91 Å². The van der Waals surface area contributed by atoms with E-state index >= 15 is 0 Å². The van der Waals surface area contributed by atoms with Crippen molar-refractivity contribution < 1.29 is 14.3 Å². The summed E-state index contributed by atoms with van der Waals surface area (Å²) in [5.41, 5.74) is 0.717. The zero-order chi connectivity index (χ0) is 13.8. The monoisotopic (exact) mass is 326 g/mol. The van der Waals surface area contributed by atoms with Crippen LogP contribution in [-0.2, 0) is 14.3 Å². The van der Waals surface area contributed by atoms with Crippen molar-refractivity contribution in [1.82, 2.24) is 4.90 Å². The highest BCUT2D eigenvalue weighted by molar-refractivity contribution is 9.10. The first-order chi connectivity index (χ1) is 9.08. The van der Waals surface area contributed by atoms with E-state index in [1.54, 1.807) is 11.9 Å². The normalized spacial score (nSPS) is 18.5. The standard InChI is InChI=1S/C13H15BrN2O3/c1-16(11-6-7-19-13(11)18)8-12(17)15-10-5-3-2-4-9(10)14/h2-5,11H,6-8H2,1H3,(H,15,17)/t11-/m1/s1. The van der Waals surface area contributed by atoms with Crippen molar-refractivity contribution in [3.63, 3.8) is 0 Å². The molecule has 0 aliphatic carbocycles. The van der Waals surface area contributed by atoms with Gasteiger partial charge in [-0.2, -0.15) is 0 Å². The highest BCUT2D eigenvalue weighted by atomic mass is 79.9. The summed E-state index contributed by atoms with van der Waals surface area (Å²) in [6.07, 6.45) is 0.637. The molecule has 1 atom stereocenters. The number of hydrogen-bond donors (Lipinski definition) is 1. The SMILES string of the molecule is CN(CC(=O)Nc1ccccc1Br)[C@@H]1CCOC1=O. The third-order valence-electron chi connectivity index (χ3n) is 2.98. The maximum Gasteiger partial charge on any atom is 0.323 e. The van der Waals surface area contributed by atoms with Gasteiger partial charge in [-0.15, -0.1) is 0 Å². The van der Waals surface area contributed by atoms with E-state index in [0.717, 1.165) is 10.2 Å². The maximum absolute atomic E-state index is 11.9. The van der Waals surface area contributed by atoms with Gasteiger partial charge in [0.25, 0.3) is 0 Å². The molecule has 0 aromatic heterocycles. The molecule has 1 heterocycles. The molecule has 102 valence electrons. The molecule has 0 saturated carbocycles. The fraction of sp³-hybridized carbons (Fsp3) is 0.385. The Morgan fingerprint density at radius 3 is 2.89 bits per heavy atom. The van der Waals surface area contributed by atoms with E-state index < -0.39 is 0 Å².